The number of rotatable bonds is 4. The summed E-state index contributed by atoms with van der Waals surface area (Å²) in [5, 5.41) is 3.33. The van der Waals surface area contributed by atoms with Crippen LogP contribution in [0.15, 0.2) is 29.8 Å². The minimum atomic E-state index is 0.348. The summed E-state index contributed by atoms with van der Waals surface area (Å²) in [5.74, 6) is 1.76. The summed E-state index contributed by atoms with van der Waals surface area (Å²) in [6.07, 6.45) is 5.90. The third-order valence-corrected chi connectivity index (χ3v) is 6.71. The van der Waals surface area contributed by atoms with Crippen LogP contribution < -0.4 is 9.47 Å². The van der Waals surface area contributed by atoms with Crippen molar-refractivity contribution in [3.8, 4) is 11.5 Å². The van der Waals surface area contributed by atoms with Crippen LogP contribution in [0.3, 0.4) is 0 Å². The Morgan fingerprint density at radius 3 is 2.81 bits per heavy atom. The van der Waals surface area contributed by atoms with Gasteiger partial charge in [-0.1, -0.05) is 6.07 Å². The molecular formula is C20H25N3O2S. The second-order valence-electron chi connectivity index (χ2n) is 7.89. The molecule has 138 valence electrons. The largest absolute Gasteiger partial charge is 0.454 e. The minimum Gasteiger partial charge on any atom is -0.454 e. The molecule has 3 aliphatic heterocycles. The Kier molecular flexibility index (Phi) is 4.35. The number of aromatic nitrogens is 1. The molecule has 5 rings (SSSR count). The van der Waals surface area contributed by atoms with Gasteiger partial charge in [0.2, 0.25) is 6.79 Å². The number of hydrogen-bond donors (Lipinski definition) is 0. The highest BCUT2D eigenvalue weighted by molar-refractivity contribution is 7.09. The summed E-state index contributed by atoms with van der Waals surface area (Å²) in [6.45, 7) is 7.19. The summed E-state index contributed by atoms with van der Waals surface area (Å²) < 4.78 is 10.9. The van der Waals surface area contributed by atoms with Crippen LogP contribution in [0.5, 0.6) is 11.5 Å². The number of nitrogens with zero attached hydrogens (tertiary/aromatic N) is 3. The van der Waals surface area contributed by atoms with Crippen LogP contribution in [-0.4, -0.2) is 47.8 Å². The van der Waals surface area contributed by atoms with Crippen LogP contribution in [0.2, 0.25) is 0 Å². The molecule has 5 nitrogen and oxygen atoms in total. The highest BCUT2D eigenvalue weighted by Gasteiger charge is 2.41. The van der Waals surface area contributed by atoms with E-state index < -0.39 is 0 Å². The lowest BCUT2D eigenvalue weighted by Crippen LogP contribution is -2.44. The molecule has 0 saturated carbocycles. The van der Waals surface area contributed by atoms with Gasteiger partial charge in [-0.3, -0.25) is 9.80 Å². The number of fused-ring (bicyclic) bond motifs is 1. The van der Waals surface area contributed by atoms with Crippen LogP contribution in [0.4, 0.5) is 0 Å². The molecule has 26 heavy (non-hydrogen) atoms. The van der Waals surface area contributed by atoms with Gasteiger partial charge in [0, 0.05) is 31.2 Å². The van der Waals surface area contributed by atoms with Crippen LogP contribution in [0, 0.1) is 5.41 Å². The standard InChI is InChI=1S/C20H25N3O2S/c1-4-20(13-22(7-1)12-19-21-6-9-26-19)5-8-23(14-20)11-16-2-3-17-18(10-16)25-15-24-17/h2-3,6,9-10H,1,4-5,7-8,11-15H2. The third kappa shape index (κ3) is 3.33. The summed E-state index contributed by atoms with van der Waals surface area (Å²) in [5.41, 5.74) is 1.79. The molecular weight excluding hydrogens is 346 g/mol. The molecule has 2 aromatic rings. The van der Waals surface area contributed by atoms with E-state index in [0.29, 0.717) is 12.2 Å². The van der Waals surface area contributed by atoms with Gasteiger partial charge in [-0.2, -0.15) is 0 Å². The first kappa shape index (κ1) is 16.5. The smallest absolute Gasteiger partial charge is 0.231 e. The Balaban J connectivity index is 1.22. The zero-order chi connectivity index (χ0) is 17.4. The van der Waals surface area contributed by atoms with Crippen LogP contribution in [-0.2, 0) is 13.1 Å². The van der Waals surface area contributed by atoms with Crippen molar-refractivity contribution in [3.63, 3.8) is 0 Å². The van der Waals surface area contributed by atoms with E-state index in [1.165, 1.54) is 56.0 Å². The molecule has 2 fully saturated rings. The summed E-state index contributed by atoms with van der Waals surface area (Å²) in [7, 11) is 0. The minimum absolute atomic E-state index is 0.348. The predicted molar refractivity (Wildman–Crippen MR) is 102 cm³/mol. The Bertz CT molecular complexity index is 766. The lowest BCUT2D eigenvalue weighted by Gasteiger charge is -2.40. The lowest BCUT2D eigenvalue weighted by atomic mass is 9.79. The van der Waals surface area contributed by atoms with Crippen molar-refractivity contribution >= 4 is 11.3 Å². The summed E-state index contributed by atoms with van der Waals surface area (Å²) in [4.78, 5) is 9.70. The van der Waals surface area contributed by atoms with Crippen molar-refractivity contribution in [2.45, 2.75) is 32.4 Å². The zero-order valence-corrected chi connectivity index (χ0v) is 15.8. The molecule has 1 spiro atoms. The fourth-order valence-corrected chi connectivity index (χ4v) is 5.42. The SMILES string of the molecule is c1csc(CN2CCCC3(CCN(Cc4ccc5c(c4)OCO5)C3)C2)n1. The fourth-order valence-electron chi connectivity index (χ4n) is 4.76. The maximum Gasteiger partial charge on any atom is 0.231 e. The molecule has 0 amide bonds. The molecule has 1 atom stereocenters. The summed E-state index contributed by atoms with van der Waals surface area (Å²) >= 11 is 1.77. The van der Waals surface area contributed by atoms with Crippen molar-refractivity contribution < 1.29 is 9.47 Å². The van der Waals surface area contributed by atoms with Crippen molar-refractivity contribution in [1.82, 2.24) is 14.8 Å². The zero-order valence-electron chi connectivity index (χ0n) is 15.0. The van der Waals surface area contributed by atoms with Gasteiger partial charge in [-0.25, -0.2) is 4.98 Å². The number of thiazole rings is 1. The van der Waals surface area contributed by atoms with Gasteiger partial charge in [0.1, 0.15) is 5.01 Å². The number of likely N-dealkylation sites (tertiary alicyclic amines) is 2. The Morgan fingerprint density at radius 1 is 1.04 bits per heavy atom. The Labute approximate surface area is 158 Å². The molecule has 4 heterocycles. The third-order valence-electron chi connectivity index (χ3n) is 5.94. The Hall–Kier alpha value is -1.63. The van der Waals surface area contributed by atoms with E-state index in [9.17, 15) is 0 Å². The quantitative estimate of drug-likeness (QED) is 0.824. The predicted octanol–water partition coefficient (Wildman–Crippen LogP) is 3.36. The normalized spacial score (nSPS) is 26.0. The van der Waals surface area contributed by atoms with E-state index >= 15 is 0 Å². The number of benzene rings is 1. The molecule has 1 aromatic heterocycles. The van der Waals surface area contributed by atoms with E-state index in [2.05, 4.69) is 32.3 Å². The fraction of sp³-hybridized carbons (Fsp3) is 0.550. The van der Waals surface area contributed by atoms with Crippen molar-refractivity contribution in [1.29, 1.82) is 0 Å². The molecule has 0 aliphatic carbocycles. The van der Waals surface area contributed by atoms with Gasteiger partial charge in [-0.15, -0.1) is 11.3 Å². The molecule has 1 unspecified atom stereocenters. The highest BCUT2D eigenvalue weighted by atomic mass is 32.1. The number of hydrogen-bond acceptors (Lipinski definition) is 6. The van der Waals surface area contributed by atoms with E-state index in [-0.39, 0.29) is 0 Å². The van der Waals surface area contributed by atoms with Crippen LogP contribution in [0.25, 0.3) is 0 Å². The van der Waals surface area contributed by atoms with Gasteiger partial charge in [-0.05, 0) is 55.5 Å². The first-order chi connectivity index (χ1) is 12.8. The summed E-state index contributed by atoms with van der Waals surface area (Å²) in [6, 6.07) is 6.36. The molecule has 6 heteroatoms. The van der Waals surface area contributed by atoms with Crippen molar-refractivity contribution in [2.75, 3.05) is 33.0 Å². The molecule has 0 radical (unpaired) electrons. The highest BCUT2D eigenvalue weighted by Crippen LogP contribution is 2.40. The second kappa shape index (κ2) is 6.83. The molecule has 1 aromatic carbocycles. The molecule has 0 N–H and O–H groups in total. The van der Waals surface area contributed by atoms with Crippen LogP contribution >= 0.6 is 11.3 Å². The lowest BCUT2D eigenvalue weighted by molar-refractivity contribution is 0.0865. The van der Waals surface area contributed by atoms with Crippen molar-refractivity contribution in [2.24, 2.45) is 5.41 Å². The van der Waals surface area contributed by atoms with E-state index in [4.69, 9.17) is 9.47 Å². The van der Waals surface area contributed by atoms with E-state index in [0.717, 1.165) is 24.6 Å². The van der Waals surface area contributed by atoms with Gasteiger partial charge >= 0.3 is 0 Å². The molecule has 2 saturated heterocycles. The van der Waals surface area contributed by atoms with Crippen LogP contribution in [0.1, 0.15) is 29.8 Å². The van der Waals surface area contributed by atoms with Gasteiger partial charge in [0.25, 0.3) is 0 Å². The van der Waals surface area contributed by atoms with Crippen molar-refractivity contribution in [3.05, 3.63) is 40.3 Å². The van der Waals surface area contributed by atoms with Gasteiger partial charge in [0.05, 0.1) is 6.54 Å². The second-order valence-corrected chi connectivity index (χ2v) is 8.87. The van der Waals surface area contributed by atoms with Gasteiger partial charge in [0.15, 0.2) is 11.5 Å². The average Bonchev–Trinajstić information content (AvgIpc) is 3.37. The molecule has 0 bridgehead atoms. The first-order valence-electron chi connectivity index (χ1n) is 9.50. The number of ether oxygens (including phenoxy) is 2. The van der Waals surface area contributed by atoms with Gasteiger partial charge < -0.3 is 9.47 Å². The van der Waals surface area contributed by atoms with E-state index in [1.807, 2.05) is 12.3 Å². The number of piperidine rings is 1. The first-order valence-corrected chi connectivity index (χ1v) is 10.4. The molecule has 3 aliphatic rings. The monoisotopic (exact) mass is 371 g/mol. The average molecular weight is 372 g/mol. The maximum absolute atomic E-state index is 5.53. The Morgan fingerprint density at radius 2 is 1.92 bits per heavy atom. The van der Waals surface area contributed by atoms with E-state index in [1.54, 1.807) is 11.3 Å². The topological polar surface area (TPSA) is 37.8 Å². The maximum atomic E-state index is 5.53.